The summed E-state index contributed by atoms with van der Waals surface area (Å²) in [4.78, 5) is 30.3. The summed E-state index contributed by atoms with van der Waals surface area (Å²) >= 11 is 0. The maximum absolute atomic E-state index is 13.0. The first-order valence-electron chi connectivity index (χ1n) is 10.8. The van der Waals surface area contributed by atoms with Gasteiger partial charge >= 0.3 is 5.97 Å². The van der Waals surface area contributed by atoms with E-state index >= 15 is 0 Å². The van der Waals surface area contributed by atoms with Crippen molar-refractivity contribution in [3.05, 3.63) is 77.0 Å². The molecule has 31 heavy (non-hydrogen) atoms. The van der Waals surface area contributed by atoms with E-state index in [1.807, 2.05) is 63.2 Å². The summed E-state index contributed by atoms with van der Waals surface area (Å²) in [6.45, 7) is 7.46. The predicted molar refractivity (Wildman–Crippen MR) is 123 cm³/mol. The molecule has 3 aromatic rings. The summed E-state index contributed by atoms with van der Waals surface area (Å²) < 4.78 is 5.57. The summed E-state index contributed by atoms with van der Waals surface area (Å²) in [7, 11) is 0. The number of fused-ring (bicyclic) bond motifs is 1. The van der Waals surface area contributed by atoms with Crippen LogP contribution in [0.3, 0.4) is 0 Å². The third-order valence-corrected chi connectivity index (χ3v) is 5.53. The molecule has 162 valence electrons. The Kier molecular flexibility index (Phi) is 7.40. The molecule has 5 nitrogen and oxygen atoms in total. The van der Waals surface area contributed by atoms with Crippen LogP contribution in [0.1, 0.15) is 54.4 Å². The third kappa shape index (κ3) is 5.48. The minimum atomic E-state index is -0.886. The van der Waals surface area contributed by atoms with E-state index in [1.165, 1.54) is 5.56 Å². The number of carbonyl (C=O) groups is 2. The van der Waals surface area contributed by atoms with Gasteiger partial charge in [-0.1, -0.05) is 55.5 Å². The highest BCUT2D eigenvalue weighted by atomic mass is 16.5. The number of hydrogen-bond acceptors (Lipinski definition) is 4. The average molecular weight is 419 g/mol. The van der Waals surface area contributed by atoms with E-state index in [9.17, 15) is 9.59 Å². The molecular weight excluding hydrogens is 388 g/mol. The smallest absolute Gasteiger partial charge is 0.339 e. The van der Waals surface area contributed by atoms with Crippen molar-refractivity contribution in [1.29, 1.82) is 0 Å². The van der Waals surface area contributed by atoms with E-state index in [-0.39, 0.29) is 11.9 Å². The molecule has 0 bridgehead atoms. The zero-order valence-corrected chi connectivity index (χ0v) is 18.6. The first-order chi connectivity index (χ1) is 14.9. The molecule has 0 aliphatic heterocycles. The van der Waals surface area contributed by atoms with Gasteiger partial charge in [0.15, 0.2) is 6.10 Å². The zero-order chi connectivity index (χ0) is 22.4. The number of hydrogen-bond donors (Lipinski definition) is 1. The Balaban J connectivity index is 1.66. The van der Waals surface area contributed by atoms with E-state index < -0.39 is 12.1 Å². The van der Waals surface area contributed by atoms with Gasteiger partial charge in [-0.2, -0.15) is 0 Å². The highest BCUT2D eigenvalue weighted by Crippen LogP contribution is 2.24. The molecule has 0 radical (unpaired) electrons. The van der Waals surface area contributed by atoms with Crippen LogP contribution in [0.4, 0.5) is 0 Å². The number of aromatic nitrogens is 1. The van der Waals surface area contributed by atoms with Crippen LogP contribution in [0, 0.1) is 6.92 Å². The largest absolute Gasteiger partial charge is 0.449 e. The van der Waals surface area contributed by atoms with Crippen molar-refractivity contribution in [2.24, 2.45) is 0 Å². The number of nitrogens with one attached hydrogen (secondary N) is 1. The molecular formula is C26H30N2O3. The van der Waals surface area contributed by atoms with Crippen molar-refractivity contribution in [3.63, 3.8) is 0 Å². The average Bonchev–Trinajstić information content (AvgIpc) is 2.77. The third-order valence-electron chi connectivity index (χ3n) is 5.53. The Morgan fingerprint density at radius 1 is 1.03 bits per heavy atom. The topological polar surface area (TPSA) is 68.3 Å². The van der Waals surface area contributed by atoms with Crippen LogP contribution in [0.25, 0.3) is 10.9 Å². The lowest BCUT2D eigenvalue weighted by Gasteiger charge is -2.19. The van der Waals surface area contributed by atoms with Crippen LogP contribution in [-0.2, 0) is 22.4 Å². The second-order valence-electron chi connectivity index (χ2n) is 7.91. The molecule has 3 rings (SSSR count). The number of pyridine rings is 1. The number of rotatable bonds is 8. The predicted octanol–water partition coefficient (Wildman–Crippen LogP) is 4.79. The molecule has 1 N–H and O–H groups in total. The number of ether oxygens (including phenoxy) is 1. The minimum absolute atomic E-state index is 0.0240. The molecule has 0 saturated heterocycles. The Labute approximate surface area is 183 Å². The first-order valence-corrected chi connectivity index (χ1v) is 10.8. The van der Waals surface area contributed by atoms with Gasteiger partial charge in [0.2, 0.25) is 0 Å². The standard InChI is InChI=1S/C26H30N2O3/c1-5-22-18(3)24(21-13-9-10-14-23(21)28-22)26(30)31-19(4)25(29)27-17(2)15-16-20-11-7-6-8-12-20/h6-14,17,19H,5,15-16H2,1-4H3,(H,27,29)/t17-,19-/m1/s1. The van der Waals surface area contributed by atoms with Crippen molar-refractivity contribution < 1.29 is 14.3 Å². The Bertz CT molecular complexity index is 1060. The number of carbonyl (C=O) groups excluding carboxylic acids is 2. The Hall–Kier alpha value is -3.21. The van der Waals surface area contributed by atoms with Gasteiger partial charge < -0.3 is 10.1 Å². The van der Waals surface area contributed by atoms with Gasteiger partial charge in [0.05, 0.1) is 11.1 Å². The highest BCUT2D eigenvalue weighted by Gasteiger charge is 2.24. The fourth-order valence-corrected chi connectivity index (χ4v) is 3.70. The molecule has 5 heteroatoms. The molecule has 1 amide bonds. The number of amides is 1. The first kappa shape index (κ1) is 22.5. The lowest BCUT2D eigenvalue weighted by Crippen LogP contribution is -2.41. The molecule has 2 atom stereocenters. The molecule has 0 saturated carbocycles. The molecule has 2 aromatic carbocycles. The van der Waals surface area contributed by atoms with Crippen LogP contribution in [0.15, 0.2) is 54.6 Å². The van der Waals surface area contributed by atoms with Gasteiger partial charge in [-0.15, -0.1) is 0 Å². The second kappa shape index (κ2) is 10.2. The quantitative estimate of drug-likeness (QED) is 0.534. The van der Waals surface area contributed by atoms with E-state index in [0.717, 1.165) is 35.0 Å². The number of benzene rings is 2. The van der Waals surface area contributed by atoms with Crippen LogP contribution in [0.2, 0.25) is 0 Å². The molecule has 1 heterocycles. The lowest BCUT2D eigenvalue weighted by molar-refractivity contribution is -0.129. The van der Waals surface area contributed by atoms with Crippen molar-refractivity contribution in [3.8, 4) is 0 Å². The number of esters is 1. The fourth-order valence-electron chi connectivity index (χ4n) is 3.70. The maximum atomic E-state index is 13.0. The molecule has 0 fully saturated rings. The molecule has 1 aromatic heterocycles. The van der Waals surface area contributed by atoms with Gasteiger partial charge in [0.25, 0.3) is 5.91 Å². The SMILES string of the molecule is CCc1nc2ccccc2c(C(=O)O[C@H](C)C(=O)N[C@H](C)CCc2ccccc2)c1C. The van der Waals surface area contributed by atoms with Gasteiger partial charge in [0.1, 0.15) is 0 Å². The van der Waals surface area contributed by atoms with Crippen LogP contribution >= 0.6 is 0 Å². The number of aryl methyl sites for hydroxylation is 2. The Morgan fingerprint density at radius 2 is 1.71 bits per heavy atom. The van der Waals surface area contributed by atoms with E-state index in [1.54, 1.807) is 6.92 Å². The maximum Gasteiger partial charge on any atom is 0.339 e. The lowest BCUT2D eigenvalue weighted by atomic mass is 10.0. The van der Waals surface area contributed by atoms with Gasteiger partial charge in [-0.05, 0) is 57.2 Å². The van der Waals surface area contributed by atoms with Crippen molar-refractivity contribution >= 4 is 22.8 Å². The molecule has 0 unspecified atom stereocenters. The van der Waals surface area contributed by atoms with E-state index in [0.29, 0.717) is 12.0 Å². The highest BCUT2D eigenvalue weighted by molar-refractivity contribution is 6.05. The van der Waals surface area contributed by atoms with Gasteiger partial charge in [-0.3, -0.25) is 9.78 Å². The van der Waals surface area contributed by atoms with Crippen molar-refractivity contribution in [1.82, 2.24) is 10.3 Å². The summed E-state index contributed by atoms with van der Waals surface area (Å²) in [5, 5.41) is 3.69. The second-order valence-corrected chi connectivity index (χ2v) is 7.91. The van der Waals surface area contributed by atoms with Crippen LogP contribution in [-0.4, -0.2) is 29.0 Å². The normalized spacial score (nSPS) is 12.9. The number of para-hydroxylation sites is 1. The monoisotopic (exact) mass is 418 g/mol. The zero-order valence-electron chi connectivity index (χ0n) is 18.6. The summed E-state index contributed by atoms with van der Waals surface area (Å²) in [6, 6.07) is 17.6. The Morgan fingerprint density at radius 3 is 2.42 bits per heavy atom. The summed E-state index contributed by atoms with van der Waals surface area (Å²) in [5.74, 6) is -0.786. The van der Waals surface area contributed by atoms with Gasteiger partial charge in [0, 0.05) is 17.1 Å². The van der Waals surface area contributed by atoms with Crippen molar-refractivity contribution in [2.45, 2.75) is 59.1 Å². The molecule has 0 spiro atoms. The van der Waals surface area contributed by atoms with Crippen LogP contribution in [0.5, 0.6) is 0 Å². The van der Waals surface area contributed by atoms with Crippen LogP contribution < -0.4 is 5.32 Å². The van der Waals surface area contributed by atoms with E-state index in [2.05, 4.69) is 22.4 Å². The summed E-state index contributed by atoms with van der Waals surface area (Å²) in [6.07, 6.45) is 1.51. The molecule has 0 aliphatic carbocycles. The summed E-state index contributed by atoms with van der Waals surface area (Å²) in [5.41, 5.74) is 4.13. The fraction of sp³-hybridized carbons (Fsp3) is 0.346. The minimum Gasteiger partial charge on any atom is -0.449 e. The number of nitrogens with zero attached hydrogens (tertiary/aromatic N) is 1. The van der Waals surface area contributed by atoms with Gasteiger partial charge in [-0.25, -0.2) is 4.79 Å². The molecule has 0 aliphatic rings. The van der Waals surface area contributed by atoms with E-state index in [4.69, 9.17) is 4.74 Å². The van der Waals surface area contributed by atoms with Crippen molar-refractivity contribution in [2.75, 3.05) is 0 Å².